The molecule has 2 aromatic heterocycles. The number of nitrogens with two attached hydrogens (primary N) is 2. The number of aliphatic imine (C=N–C) groups is 1. The fourth-order valence-electron chi connectivity index (χ4n) is 5.80. The number of amides is 1. The fraction of sp³-hybridized carbons (Fsp3) is 0.312. The molecule has 1 amide bonds. The third kappa shape index (κ3) is 7.82. The van der Waals surface area contributed by atoms with Crippen LogP contribution in [0.3, 0.4) is 0 Å². The van der Waals surface area contributed by atoms with Crippen LogP contribution in [0.15, 0.2) is 52.7 Å². The van der Waals surface area contributed by atoms with Gasteiger partial charge in [-0.25, -0.2) is 26.3 Å². The van der Waals surface area contributed by atoms with Crippen molar-refractivity contribution in [2.45, 2.75) is 57.5 Å². The third-order valence-corrected chi connectivity index (χ3v) is 9.37. The molecule has 50 heavy (non-hydrogen) atoms. The number of anilines is 1. The van der Waals surface area contributed by atoms with E-state index < -0.39 is 85.3 Å². The number of rotatable bonds is 10. The van der Waals surface area contributed by atoms with Gasteiger partial charge in [0.1, 0.15) is 30.4 Å². The molecular formula is C32H27ClF8IN7O. The predicted molar refractivity (Wildman–Crippen MR) is 180 cm³/mol. The number of aryl methyl sites for hydroxylation is 1. The first-order chi connectivity index (χ1) is 23.5. The SMILES string of the molecule is Cc1nc([C@H](Cc2cc(F)cc(F)c2)NC(=O)CN=C2C(=C(N)C(F)F)CCC2(F)F)c(-c2ccc(Cl)c3c(N)nn(CC(F)F)c23)cc1I. The van der Waals surface area contributed by atoms with Crippen molar-refractivity contribution in [3.05, 3.63) is 84.8 Å². The lowest BCUT2D eigenvalue weighted by Gasteiger charge is -2.23. The van der Waals surface area contributed by atoms with Crippen LogP contribution in [0.25, 0.3) is 22.0 Å². The van der Waals surface area contributed by atoms with E-state index in [0.29, 0.717) is 15.3 Å². The second-order valence-corrected chi connectivity index (χ2v) is 13.0. The van der Waals surface area contributed by atoms with E-state index in [-0.39, 0.29) is 50.5 Å². The van der Waals surface area contributed by atoms with E-state index in [4.69, 9.17) is 23.1 Å². The molecule has 0 bridgehead atoms. The Kier molecular flexibility index (Phi) is 10.9. The van der Waals surface area contributed by atoms with Crippen LogP contribution in [0.1, 0.15) is 35.8 Å². The second kappa shape index (κ2) is 14.7. The molecule has 8 nitrogen and oxygen atoms in total. The summed E-state index contributed by atoms with van der Waals surface area (Å²) in [6.45, 7) is -0.171. The van der Waals surface area contributed by atoms with Gasteiger partial charge in [-0.05, 0) is 72.2 Å². The third-order valence-electron chi connectivity index (χ3n) is 7.96. The van der Waals surface area contributed by atoms with Crippen LogP contribution in [0.4, 0.5) is 40.9 Å². The molecule has 1 saturated carbocycles. The monoisotopic (exact) mass is 839 g/mol. The van der Waals surface area contributed by atoms with E-state index in [2.05, 4.69) is 20.4 Å². The topological polar surface area (TPSA) is 124 Å². The first kappa shape index (κ1) is 37.3. The Hall–Kier alpha value is -4.00. The molecular weight excluding hydrogens is 813 g/mol. The summed E-state index contributed by atoms with van der Waals surface area (Å²) in [6, 6.07) is 6.05. The number of hydrogen-bond acceptors (Lipinski definition) is 6. The maximum absolute atomic E-state index is 14.7. The minimum absolute atomic E-state index is 0.0635. The molecule has 2 heterocycles. The van der Waals surface area contributed by atoms with E-state index in [1.165, 1.54) is 12.1 Å². The highest BCUT2D eigenvalue weighted by molar-refractivity contribution is 14.1. The van der Waals surface area contributed by atoms with Gasteiger partial charge in [-0.3, -0.25) is 19.5 Å². The molecule has 0 unspecified atom stereocenters. The molecule has 0 spiro atoms. The molecule has 266 valence electrons. The van der Waals surface area contributed by atoms with Gasteiger partial charge in [0.05, 0.1) is 39.1 Å². The van der Waals surface area contributed by atoms with Crippen molar-refractivity contribution in [1.82, 2.24) is 20.1 Å². The van der Waals surface area contributed by atoms with Crippen molar-refractivity contribution in [3.63, 3.8) is 0 Å². The van der Waals surface area contributed by atoms with Gasteiger partial charge >= 0.3 is 0 Å². The van der Waals surface area contributed by atoms with E-state index >= 15 is 0 Å². The molecule has 1 fully saturated rings. The van der Waals surface area contributed by atoms with Crippen molar-refractivity contribution in [2.75, 3.05) is 12.3 Å². The Balaban J connectivity index is 1.65. The van der Waals surface area contributed by atoms with Gasteiger partial charge in [0, 0.05) is 32.8 Å². The zero-order valence-corrected chi connectivity index (χ0v) is 28.8. The first-order valence-electron chi connectivity index (χ1n) is 14.8. The fourth-order valence-corrected chi connectivity index (χ4v) is 6.49. The molecule has 4 aromatic rings. The van der Waals surface area contributed by atoms with Crippen molar-refractivity contribution < 1.29 is 39.9 Å². The minimum Gasteiger partial charge on any atom is -0.397 e. The summed E-state index contributed by atoms with van der Waals surface area (Å²) in [5.41, 5.74) is 10.0. The van der Waals surface area contributed by atoms with Gasteiger partial charge in [-0.1, -0.05) is 17.7 Å². The highest BCUT2D eigenvalue weighted by Gasteiger charge is 2.45. The van der Waals surface area contributed by atoms with E-state index in [0.717, 1.165) is 16.8 Å². The van der Waals surface area contributed by atoms with E-state index in [1.54, 1.807) is 13.0 Å². The zero-order valence-electron chi connectivity index (χ0n) is 25.9. The largest absolute Gasteiger partial charge is 0.397 e. The standard InChI is InChI=1S/C32H27ClF8IN7O/c1-13-21(42)10-19(17-2-3-20(33)25-28(17)49(12-23(36)37)48-31(25)44)27(46-13)22(8-14-6-15(34)9-16(35)7-14)47-24(50)11-45-29-18(26(43)30(38)39)4-5-32(29,40)41/h2-3,6-7,9-10,22-23,30H,4-5,8,11-12,43H2,1H3,(H2,44,48)(H,47,50)/t22-/m0/s1. The van der Waals surface area contributed by atoms with Crippen molar-refractivity contribution in [1.29, 1.82) is 0 Å². The number of allylic oxidation sites excluding steroid dienone is 2. The molecule has 1 atom stereocenters. The van der Waals surface area contributed by atoms with Gasteiger partial charge in [-0.15, -0.1) is 0 Å². The van der Waals surface area contributed by atoms with Crippen LogP contribution in [0.5, 0.6) is 0 Å². The predicted octanol–water partition coefficient (Wildman–Crippen LogP) is 7.54. The normalized spacial score (nSPS) is 16.9. The lowest BCUT2D eigenvalue weighted by molar-refractivity contribution is -0.120. The number of fused-ring (bicyclic) bond motifs is 1. The number of hydrogen-bond donors (Lipinski definition) is 3. The summed E-state index contributed by atoms with van der Waals surface area (Å²) < 4.78 is 113. The molecule has 0 radical (unpaired) electrons. The summed E-state index contributed by atoms with van der Waals surface area (Å²) in [5.74, 6) is -6.58. The molecule has 18 heteroatoms. The van der Waals surface area contributed by atoms with Gasteiger partial charge in [-0.2, -0.15) is 13.9 Å². The Labute approximate surface area is 298 Å². The Morgan fingerprint density at radius 2 is 1.80 bits per heavy atom. The Morgan fingerprint density at radius 1 is 1.12 bits per heavy atom. The summed E-state index contributed by atoms with van der Waals surface area (Å²) in [6.07, 6.45) is -7.67. The molecule has 0 aliphatic heterocycles. The van der Waals surface area contributed by atoms with Crippen LogP contribution >= 0.6 is 34.2 Å². The lowest BCUT2D eigenvalue weighted by Crippen LogP contribution is -2.34. The number of carbonyl (C=O) groups excluding carboxylic acids is 1. The zero-order chi connectivity index (χ0) is 36.7. The van der Waals surface area contributed by atoms with Crippen LogP contribution in [-0.2, 0) is 17.8 Å². The summed E-state index contributed by atoms with van der Waals surface area (Å²) in [4.78, 5) is 21.7. The quantitative estimate of drug-likeness (QED) is 0.113. The molecule has 2 aromatic carbocycles. The number of alkyl halides is 6. The van der Waals surface area contributed by atoms with Gasteiger partial charge in [0.15, 0.2) is 5.82 Å². The summed E-state index contributed by atoms with van der Waals surface area (Å²) in [7, 11) is 0. The van der Waals surface area contributed by atoms with Crippen molar-refractivity contribution >= 4 is 62.5 Å². The number of pyridine rings is 1. The van der Waals surface area contributed by atoms with Gasteiger partial charge < -0.3 is 16.8 Å². The highest BCUT2D eigenvalue weighted by Crippen LogP contribution is 2.41. The Bertz CT molecular complexity index is 2020. The maximum atomic E-state index is 14.7. The number of carbonyl (C=O) groups is 1. The summed E-state index contributed by atoms with van der Waals surface area (Å²) in [5, 5.41) is 6.95. The number of aromatic nitrogens is 3. The molecule has 1 aliphatic carbocycles. The average Bonchev–Trinajstić information content (AvgIpc) is 3.50. The molecule has 1 aliphatic rings. The van der Waals surface area contributed by atoms with Crippen LogP contribution < -0.4 is 16.8 Å². The highest BCUT2D eigenvalue weighted by atomic mass is 127. The number of nitrogens with one attached hydrogen (secondary N) is 1. The average molecular weight is 840 g/mol. The van der Waals surface area contributed by atoms with Crippen LogP contribution in [0.2, 0.25) is 5.02 Å². The second-order valence-electron chi connectivity index (χ2n) is 11.5. The van der Waals surface area contributed by atoms with Crippen LogP contribution in [0, 0.1) is 22.1 Å². The van der Waals surface area contributed by atoms with Crippen molar-refractivity contribution in [3.8, 4) is 11.1 Å². The molecule has 5 N–H and O–H groups in total. The van der Waals surface area contributed by atoms with Gasteiger partial charge in [0.25, 0.3) is 18.8 Å². The maximum Gasteiger partial charge on any atom is 0.289 e. The van der Waals surface area contributed by atoms with E-state index in [9.17, 15) is 39.9 Å². The van der Waals surface area contributed by atoms with Gasteiger partial charge in [0.2, 0.25) is 5.91 Å². The van der Waals surface area contributed by atoms with Crippen molar-refractivity contribution in [2.24, 2.45) is 10.7 Å². The number of halogens is 10. The molecule has 0 saturated heterocycles. The number of benzene rings is 2. The molecule has 5 rings (SSSR count). The van der Waals surface area contributed by atoms with E-state index in [1.807, 2.05) is 22.6 Å². The number of nitrogen functional groups attached to an aromatic ring is 1. The minimum atomic E-state index is -3.63. The first-order valence-corrected chi connectivity index (χ1v) is 16.3. The smallest absolute Gasteiger partial charge is 0.289 e. The number of nitrogens with zero attached hydrogens (tertiary/aromatic N) is 4. The lowest BCUT2D eigenvalue weighted by atomic mass is 9.93. The summed E-state index contributed by atoms with van der Waals surface area (Å²) >= 11 is 8.40. The Morgan fingerprint density at radius 3 is 2.44 bits per heavy atom. The van der Waals surface area contributed by atoms with Crippen LogP contribution in [-0.4, -0.2) is 51.7 Å².